The van der Waals surface area contributed by atoms with E-state index in [1.165, 1.54) is 0 Å². The number of phenols is 1. The molecular weight excluding hydrogens is 292 g/mol. The molecule has 3 aromatic rings. The summed E-state index contributed by atoms with van der Waals surface area (Å²) in [5, 5.41) is 8.63. The highest BCUT2D eigenvalue weighted by Gasteiger charge is 2.03. The fourth-order valence-corrected chi connectivity index (χ4v) is 1.78. The maximum Gasteiger partial charge on any atom is 0.122 e. The highest BCUT2D eigenvalue weighted by atomic mass is 16.5. The first-order chi connectivity index (χ1) is 11.2. The van der Waals surface area contributed by atoms with Gasteiger partial charge >= 0.3 is 0 Å². The molecular formula is C18H18N2O3. The Morgan fingerprint density at radius 3 is 1.57 bits per heavy atom. The van der Waals surface area contributed by atoms with Crippen molar-refractivity contribution < 1.29 is 14.6 Å². The summed E-state index contributed by atoms with van der Waals surface area (Å²) in [7, 11) is 3.25. The zero-order chi connectivity index (χ0) is 16.5. The first-order valence-corrected chi connectivity index (χ1v) is 6.97. The lowest BCUT2D eigenvalue weighted by molar-refractivity contribution is 0.413. The van der Waals surface area contributed by atoms with Gasteiger partial charge in [-0.25, -0.2) is 0 Å². The molecule has 0 radical (unpaired) electrons. The van der Waals surface area contributed by atoms with Gasteiger partial charge in [-0.3, -0.25) is 9.97 Å². The Labute approximate surface area is 135 Å². The topological polar surface area (TPSA) is 64.5 Å². The highest BCUT2D eigenvalue weighted by Crippen LogP contribution is 2.22. The summed E-state index contributed by atoms with van der Waals surface area (Å²) in [4.78, 5) is 8.47. The van der Waals surface area contributed by atoms with Crippen molar-refractivity contribution in [2.24, 2.45) is 0 Å². The van der Waals surface area contributed by atoms with Gasteiger partial charge in [0.2, 0.25) is 0 Å². The normalized spacial score (nSPS) is 9.48. The number of hydrogen-bond donors (Lipinski definition) is 1. The van der Waals surface area contributed by atoms with Gasteiger partial charge in [-0.1, -0.05) is 18.2 Å². The Hall–Kier alpha value is -3.08. The van der Waals surface area contributed by atoms with Gasteiger partial charge < -0.3 is 14.6 Å². The van der Waals surface area contributed by atoms with Gasteiger partial charge in [0.15, 0.2) is 0 Å². The van der Waals surface area contributed by atoms with Crippen molar-refractivity contribution in [2.75, 3.05) is 14.2 Å². The number of pyridine rings is 2. The second-order valence-electron chi connectivity index (χ2n) is 4.50. The molecule has 0 aliphatic rings. The zero-order valence-electron chi connectivity index (χ0n) is 13.0. The summed E-state index contributed by atoms with van der Waals surface area (Å²) in [5.41, 5.74) is 1.52. The fourth-order valence-electron chi connectivity index (χ4n) is 1.78. The van der Waals surface area contributed by atoms with E-state index in [0.717, 1.165) is 22.9 Å². The van der Waals surface area contributed by atoms with Crippen molar-refractivity contribution in [2.45, 2.75) is 0 Å². The van der Waals surface area contributed by atoms with E-state index in [1.54, 1.807) is 63.0 Å². The molecule has 1 N–H and O–H groups in total. The molecule has 0 aliphatic heterocycles. The van der Waals surface area contributed by atoms with Crippen LogP contribution in [0.15, 0.2) is 67.0 Å². The number of methoxy groups -OCH3 is 2. The van der Waals surface area contributed by atoms with Crippen LogP contribution < -0.4 is 9.47 Å². The molecule has 0 amide bonds. The van der Waals surface area contributed by atoms with Gasteiger partial charge in [0, 0.05) is 24.5 Å². The molecule has 0 atom stereocenters. The van der Waals surface area contributed by atoms with Gasteiger partial charge in [0.05, 0.1) is 25.6 Å². The Morgan fingerprint density at radius 1 is 0.739 bits per heavy atom. The molecule has 5 nitrogen and oxygen atoms in total. The smallest absolute Gasteiger partial charge is 0.122 e. The van der Waals surface area contributed by atoms with Crippen LogP contribution in [-0.2, 0) is 0 Å². The molecule has 5 heteroatoms. The van der Waals surface area contributed by atoms with Gasteiger partial charge in [0.1, 0.15) is 17.2 Å². The average Bonchev–Trinajstić information content (AvgIpc) is 2.63. The third kappa shape index (κ3) is 5.00. The Kier molecular flexibility index (Phi) is 5.94. The molecule has 3 rings (SSSR count). The monoisotopic (exact) mass is 310 g/mol. The minimum absolute atomic E-state index is 0.322. The minimum atomic E-state index is 0.322. The number of benzene rings is 1. The number of phenolic OH excluding ortho intramolecular Hbond substituents is 1. The summed E-state index contributed by atoms with van der Waals surface area (Å²) in [6, 6.07) is 16.0. The van der Waals surface area contributed by atoms with E-state index in [2.05, 4.69) is 9.97 Å². The average molecular weight is 310 g/mol. The SMILES string of the molecule is COc1ccnc(-c2cc(OC)ccn2)c1.Oc1ccccc1. The number of hydrogen-bond acceptors (Lipinski definition) is 5. The molecule has 118 valence electrons. The fraction of sp³-hybridized carbons (Fsp3) is 0.111. The molecule has 0 spiro atoms. The predicted octanol–water partition coefficient (Wildman–Crippen LogP) is 3.55. The van der Waals surface area contributed by atoms with Gasteiger partial charge in [-0.05, 0) is 24.3 Å². The van der Waals surface area contributed by atoms with E-state index in [-0.39, 0.29) is 0 Å². The minimum Gasteiger partial charge on any atom is -0.508 e. The zero-order valence-corrected chi connectivity index (χ0v) is 13.0. The van der Waals surface area contributed by atoms with Crippen LogP contribution in [0.5, 0.6) is 17.2 Å². The second-order valence-corrected chi connectivity index (χ2v) is 4.50. The molecule has 0 fully saturated rings. The molecule has 0 saturated heterocycles. The van der Waals surface area contributed by atoms with Crippen molar-refractivity contribution >= 4 is 0 Å². The Balaban J connectivity index is 0.000000229. The van der Waals surface area contributed by atoms with Gasteiger partial charge in [-0.2, -0.15) is 0 Å². The highest BCUT2D eigenvalue weighted by molar-refractivity contribution is 5.57. The lowest BCUT2D eigenvalue weighted by atomic mass is 10.2. The van der Waals surface area contributed by atoms with Crippen molar-refractivity contribution in [3.8, 4) is 28.6 Å². The van der Waals surface area contributed by atoms with Gasteiger partial charge in [0.25, 0.3) is 0 Å². The maximum absolute atomic E-state index is 8.63. The predicted molar refractivity (Wildman–Crippen MR) is 88.7 cm³/mol. The summed E-state index contributed by atoms with van der Waals surface area (Å²) in [5.74, 6) is 1.84. The summed E-state index contributed by atoms with van der Waals surface area (Å²) in [6.45, 7) is 0. The van der Waals surface area contributed by atoms with Crippen LogP contribution in [-0.4, -0.2) is 29.3 Å². The van der Waals surface area contributed by atoms with Crippen molar-refractivity contribution in [3.05, 3.63) is 67.0 Å². The van der Waals surface area contributed by atoms with Crippen LogP contribution in [0.3, 0.4) is 0 Å². The van der Waals surface area contributed by atoms with E-state index in [9.17, 15) is 0 Å². The van der Waals surface area contributed by atoms with Crippen LogP contribution in [0.4, 0.5) is 0 Å². The Morgan fingerprint density at radius 2 is 1.22 bits per heavy atom. The summed E-state index contributed by atoms with van der Waals surface area (Å²) >= 11 is 0. The van der Waals surface area contributed by atoms with Crippen LogP contribution in [0, 0.1) is 0 Å². The van der Waals surface area contributed by atoms with E-state index < -0.39 is 0 Å². The van der Waals surface area contributed by atoms with E-state index in [4.69, 9.17) is 14.6 Å². The largest absolute Gasteiger partial charge is 0.508 e. The second kappa shape index (κ2) is 8.38. The molecule has 0 aliphatic carbocycles. The molecule has 0 saturated carbocycles. The lowest BCUT2D eigenvalue weighted by Crippen LogP contribution is -1.90. The first kappa shape index (κ1) is 16.3. The molecule has 0 bridgehead atoms. The molecule has 1 aromatic carbocycles. The summed E-state index contributed by atoms with van der Waals surface area (Å²) < 4.78 is 10.3. The molecule has 2 heterocycles. The Bertz CT molecular complexity index is 688. The van der Waals surface area contributed by atoms with E-state index >= 15 is 0 Å². The van der Waals surface area contributed by atoms with Crippen LogP contribution >= 0.6 is 0 Å². The summed E-state index contributed by atoms with van der Waals surface area (Å²) in [6.07, 6.45) is 3.38. The lowest BCUT2D eigenvalue weighted by Gasteiger charge is -2.04. The van der Waals surface area contributed by atoms with Crippen LogP contribution in [0.2, 0.25) is 0 Å². The quantitative estimate of drug-likeness (QED) is 0.801. The third-order valence-corrected chi connectivity index (χ3v) is 2.95. The van der Waals surface area contributed by atoms with Gasteiger partial charge in [-0.15, -0.1) is 0 Å². The first-order valence-electron chi connectivity index (χ1n) is 6.97. The van der Waals surface area contributed by atoms with Crippen molar-refractivity contribution in [1.29, 1.82) is 0 Å². The molecule has 23 heavy (non-hydrogen) atoms. The maximum atomic E-state index is 8.63. The van der Waals surface area contributed by atoms with Crippen LogP contribution in [0.1, 0.15) is 0 Å². The van der Waals surface area contributed by atoms with Crippen molar-refractivity contribution in [3.63, 3.8) is 0 Å². The number of ether oxygens (including phenoxy) is 2. The number of aromatic hydroxyl groups is 1. The van der Waals surface area contributed by atoms with Crippen LogP contribution in [0.25, 0.3) is 11.4 Å². The van der Waals surface area contributed by atoms with E-state index in [1.807, 2.05) is 18.2 Å². The molecule has 2 aromatic heterocycles. The van der Waals surface area contributed by atoms with Crippen molar-refractivity contribution in [1.82, 2.24) is 9.97 Å². The van der Waals surface area contributed by atoms with E-state index in [0.29, 0.717) is 5.75 Å². The standard InChI is InChI=1S/C12H12N2O2.C6H6O/c1-15-9-3-5-13-11(7-9)12-8-10(16-2)4-6-14-12;7-6-4-2-1-3-5-6/h3-8H,1-2H3;1-5,7H. The number of nitrogens with zero attached hydrogens (tertiary/aromatic N) is 2. The number of aromatic nitrogens is 2. The number of rotatable bonds is 3. The molecule has 0 unspecified atom stereocenters. The number of para-hydroxylation sites is 1. The third-order valence-electron chi connectivity index (χ3n) is 2.95.